The van der Waals surface area contributed by atoms with Crippen LogP contribution in [-0.2, 0) is 6.42 Å². The maximum Gasteiger partial charge on any atom is 0.316 e. The minimum absolute atomic E-state index is 0.0657. The molecule has 0 unspecified atom stereocenters. The van der Waals surface area contributed by atoms with Gasteiger partial charge in [-0.05, 0) is 0 Å². The molecule has 0 saturated heterocycles. The van der Waals surface area contributed by atoms with Crippen molar-refractivity contribution in [2.24, 2.45) is 0 Å². The molecule has 0 aliphatic carbocycles. The molecule has 0 fully saturated rings. The minimum atomic E-state index is 0.0657. The van der Waals surface area contributed by atoms with Gasteiger partial charge in [0.05, 0.1) is 25.2 Å². The summed E-state index contributed by atoms with van der Waals surface area (Å²) in [5.74, 6) is 0. The minimum Gasteiger partial charge on any atom is -0.467 e. The first kappa shape index (κ1) is 10.2. The van der Waals surface area contributed by atoms with E-state index in [-0.39, 0.29) is 6.04 Å². The molecule has 0 saturated carbocycles. The molecule has 2 aromatic heterocycles. The van der Waals surface area contributed by atoms with E-state index in [1.54, 1.807) is 25.8 Å². The highest BCUT2D eigenvalue weighted by molar-refractivity contribution is 5.29. The van der Waals surface area contributed by atoms with Crippen molar-refractivity contribution in [1.29, 1.82) is 0 Å². The largest absolute Gasteiger partial charge is 0.467 e. The third-order valence-corrected chi connectivity index (χ3v) is 2.91. The predicted molar refractivity (Wildman–Crippen MR) is 60.7 cm³/mol. The zero-order valence-corrected chi connectivity index (χ0v) is 9.47. The summed E-state index contributed by atoms with van der Waals surface area (Å²) in [6.07, 6.45) is 6.25. The van der Waals surface area contributed by atoms with Gasteiger partial charge in [-0.3, -0.25) is 0 Å². The number of methoxy groups -OCH3 is 1. The first-order valence-electron chi connectivity index (χ1n) is 5.50. The van der Waals surface area contributed by atoms with E-state index in [1.165, 1.54) is 5.69 Å². The van der Waals surface area contributed by atoms with Crippen LogP contribution in [0.25, 0.3) is 0 Å². The van der Waals surface area contributed by atoms with Gasteiger partial charge in [0.2, 0.25) is 0 Å². The van der Waals surface area contributed by atoms with E-state index in [1.807, 2.05) is 0 Å². The number of ether oxygens (including phenoxy) is 1. The fraction of sp³-hybridized carbons (Fsp3) is 0.364. The van der Waals surface area contributed by atoms with E-state index in [0.29, 0.717) is 6.01 Å². The second kappa shape index (κ2) is 4.14. The van der Waals surface area contributed by atoms with Crippen LogP contribution in [-0.4, -0.2) is 33.6 Å². The topological polar surface area (TPSA) is 75.7 Å². The Balaban J connectivity index is 1.95. The number of aromatic amines is 1. The molecule has 2 aromatic rings. The molecular weight excluding hydrogens is 218 g/mol. The molecule has 6 nitrogen and oxygen atoms in total. The van der Waals surface area contributed by atoms with Crippen LogP contribution in [0.15, 0.2) is 18.7 Å². The molecule has 1 atom stereocenters. The van der Waals surface area contributed by atoms with Crippen LogP contribution in [0.1, 0.15) is 23.0 Å². The van der Waals surface area contributed by atoms with Gasteiger partial charge in [0.15, 0.2) is 0 Å². The van der Waals surface area contributed by atoms with E-state index in [4.69, 9.17) is 4.74 Å². The van der Waals surface area contributed by atoms with Gasteiger partial charge < -0.3 is 15.0 Å². The number of nitrogens with zero attached hydrogens (tertiary/aromatic N) is 3. The molecule has 3 heterocycles. The van der Waals surface area contributed by atoms with Gasteiger partial charge in [-0.2, -0.15) is 0 Å². The van der Waals surface area contributed by atoms with Crippen LogP contribution >= 0.6 is 0 Å². The Labute approximate surface area is 98.5 Å². The summed E-state index contributed by atoms with van der Waals surface area (Å²) in [6.45, 7) is 0.923. The van der Waals surface area contributed by atoms with Crippen molar-refractivity contribution in [1.82, 2.24) is 25.3 Å². The molecule has 0 amide bonds. The molecule has 2 N–H and O–H groups in total. The normalized spacial score (nSPS) is 18.8. The third kappa shape index (κ3) is 1.76. The molecule has 0 spiro atoms. The predicted octanol–water partition coefficient (Wildman–Crippen LogP) is 0.443. The number of rotatable bonds is 2. The molecule has 17 heavy (non-hydrogen) atoms. The lowest BCUT2D eigenvalue weighted by molar-refractivity contribution is 0.378. The van der Waals surface area contributed by atoms with Gasteiger partial charge >= 0.3 is 6.01 Å². The quantitative estimate of drug-likeness (QED) is 0.784. The number of fused-ring (bicyclic) bond motifs is 1. The molecule has 6 heteroatoms. The summed E-state index contributed by atoms with van der Waals surface area (Å²) in [5.41, 5.74) is 3.22. The summed E-state index contributed by atoms with van der Waals surface area (Å²) in [7, 11) is 1.56. The Morgan fingerprint density at radius 2 is 2.12 bits per heavy atom. The first-order chi connectivity index (χ1) is 8.38. The highest BCUT2D eigenvalue weighted by atomic mass is 16.5. The van der Waals surface area contributed by atoms with Crippen molar-refractivity contribution < 1.29 is 4.74 Å². The zero-order valence-electron chi connectivity index (χ0n) is 9.47. The van der Waals surface area contributed by atoms with E-state index in [9.17, 15) is 0 Å². The molecular formula is C11H13N5O. The number of aromatic nitrogens is 4. The van der Waals surface area contributed by atoms with Crippen LogP contribution < -0.4 is 10.1 Å². The van der Waals surface area contributed by atoms with Crippen LogP contribution in [0.4, 0.5) is 0 Å². The number of H-pyrrole nitrogens is 1. The Bertz CT molecular complexity index is 507. The second-order valence-electron chi connectivity index (χ2n) is 3.91. The lowest BCUT2D eigenvalue weighted by Crippen LogP contribution is -2.30. The smallest absolute Gasteiger partial charge is 0.316 e. The number of nitrogens with one attached hydrogen (secondary N) is 2. The van der Waals surface area contributed by atoms with Gasteiger partial charge in [0, 0.05) is 36.6 Å². The lowest BCUT2D eigenvalue weighted by atomic mass is 10.0. The summed E-state index contributed by atoms with van der Waals surface area (Å²) in [6, 6.07) is 0.447. The van der Waals surface area contributed by atoms with Crippen LogP contribution in [0.2, 0.25) is 0 Å². The van der Waals surface area contributed by atoms with Gasteiger partial charge in [0.1, 0.15) is 0 Å². The molecule has 1 aliphatic rings. The lowest BCUT2D eigenvalue weighted by Gasteiger charge is -2.22. The van der Waals surface area contributed by atoms with Crippen LogP contribution in [0.3, 0.4) is 0 Å². The van der Waals surface area contributed by atoms with Crippen molar-refractivity contribution in [2.75, 3.05) is 13.7 Å². The molecule has 0 aromatic carbocycles. The Hall–Kier alpha value is -1.95. The maximum atomic E-state index is 4.95. The molecule has 88 valence electrons. The fourth-order valence-electron chi connectivity index (χ4n) is 2.08. The first-order valence-corrected chi connectivity index (χ1v) is 5.50. The molecule has 0 radical (unpaired) electrons. The Kier molecular flexibility index (Phi) is 2.49. The van der Waals surface area contributed by atoms with Crippen molar-refractivity contribution in [3.8, 4) is 6.01 Å². The van der Waals surface area contributed by atoms with Crippen molar-refractivity contribution >= 4 is 0 Å². The van der Waals surface area contributed by atoms with E-state index in [0.717, 1.165) is 24.2 Å². The third-order valence-electron chi connectivity index (χ3n) is 2.91. The van der Waals surface area contributed by atoms with Gasteiger partial charge in [0.25, 0.3) is 0 Å². The average molecular weight is 231 g/mol. The summed E-state index contributed by atoms with van der Waals surface area (Å²) in [4.78, 5) is 15.8. The van der Waals surface area contributed by atoms with Crippen molar-refractivity contribution in [2.45, 2.75) is 12.5 Å². The fourth-order valence-corrected chi connectivity index (χ4v) is 2.08. The summed E-state index contributed by atoms with van der Waals surface area (Å²) < 4.78 is 4.95. The van der Waals surface area contributed by atoms with E-state index in [2.05, 4.69) is 25.3 Å². The standard InChI is InChI=1S/C11H13N5O/c1-17-11-13-4-7(5-14-11)9-10-8(2-3-12-9)15-6-16-10/h4-6,9,12H,2-3H2,1H3,(H,15,16)/t9-/m1/s1. The molecule has 0 bridgehead atoms. The number of hydrogen-bond acceptors (Lipinski definition) is 5. The zero-order chi connectivity index (χ0) is 11.7. The SMILES string of the molecule is COc1ncc([C@H]2NCCc3[nH]cnc32)cn1. The molecule has 3 rings (SSSR count). The van der Waals surface area contributed by atoms with Crippen molar-refractivity contribution in [3.63, 3.8) is 0 Å². The summed E-state index contributed by atoms with van der Waals surface area (Å²) in [5, 5.41) is 3.41. The van der Waals surface area contributed by atoms with Crippen molar-refractivity contribution in [3.05, 3.63) is 35.7 Å². The maximum absolute atomic E-state index is 4.95. The highest BCUT2D eigenvalue weighted by Crippen LogP contribution is 2.25. The van der Waals surface area contributed by atoms with Gasteiger partial charge in [-0.25, -0.2) is 15.0 Å². The van der Waals surface area contributed by atoms with Crippen LogP contribution in [0.5, 0.6) is 6.01 Å². The van der Waals surface area contributed by atoms with Crippen LogP contribution in [0, 0.1) is 0 Å². The van der Waals surface area contributed by atoms with E-state index >= 15 is 0 Å². The Morgan fingerprint density at radius 3 is 2.88 bits per heavy atom. The average Bonchev–Trinajstić information content (AvgIpc) is 2.87. The van der Waals surface area contributed by atoms with E-state index < -0.39 is 0 Å². The highest BCUT2D eigenvalue weighted by Gasteiger charge is 2.24. The van der Waals surface area contributed by atoms with Gasteiger partial charge in [-0.15, -0.1) is 0 Å². The number of hydrogen-bond donors (Lipinski definition) is 2. The van der Waals surface area contributed by atoms with Gasteiger partial charge in [-0.1, -0.05) is 0 Å². The Morgan fingerprint density at radius 1 is 1.29 bits per heavy atom. The molecule has 1 aliphatic heterocycles. The second-order valence-corrected chi connectivity index (χ2v) is 3.91. The summed E-state index contributed by atoms with van der Waals surface area (Å²) >= 11 is 0. The number of imidazole rings is 1. The monoisotopic (exact) mass is 231 g/mol.